The third kappa shape index (κ3) is 4.08. The van der Waals surface area contributed by atoms with E-state index in [4.69, 9.17) is 0 Å². The lowest BCUT2D eigenvalue weighted by Crippen LogP contribution is -2.48. The molecule has 1 saturated carbocycles. The molecular formula is C21H26F3N3O. The van der Waals surface area contributed by atoms with Gasteiger partial charge in [0.15, 0.2) is 0 Å². The summed E-state index contributed by atoms with van der Waals surface area (Å²) in [7, 11) is 0. The van der Waals surface area contributed by atoms with Crippen molar-refractivity contribution < 1.29 is 18.0 Å². The molecule has 1 saturated heterocycles. The van der Waals surface area contributed by atoms with Crippen molar-refractivity contribution in [1.82, 2.24) is 15.2 Å². The lowest BCUT2D eigenvalue weighted by Gasteiger charge is -2.37. The molecule has 1 aliphatic heterocycles. The van der Waals surface area contributed by atoms with Crippen molar-refractivity contribution in [2.45, 2.75) is 51.7 Å². The van der Waals surface area contributed by atoms with Crippen LogP contribution in [0.2, 0.25) is 0 Å². The van der Waals surface area contributed by atoms with Crippen LogP contribution in [0, 0.1) is 5.92 Å². The molecule has 1 aliphatic carbocycles. The van der Waals surface area contributed by atoms with E-state index in [1.165, 1.54) is 6.20 Å². The molecule has 152 valence electrons. The van der Waals surface area contributed by atoms with E-state index in [0.29, 0.717) is 18.5 Å². The van der Waals surface area contributed by atoms with Gasteiger partial charge in [-0.1, -0.05) is 26.5 Å². The van der Waals surface area contributed by atoms with Crippen molar-refractivity contribution >= 4 is 16.9 Å². The number of nitrogens with zero attached hydrogens (tertiary/aromatic N) is 2. The predicted octanol–water partition coefficient (Wildman–Crippen LogP) is 5.19. The highest BCUT2D eigenvalue weighted by Gasteiger charge is 2.36. The van der Waals surface area contributed by atoms with E-state index < -0.39 is 11.7 Å². The molecule has 1 aromatic carbocycles. The molecule has 0 radical (unpaired) electrons. The fraction of sp³-hybridized carbons (Fsp3) is 0.524. The first kappa shape index (κ1) is 20.4. The molecule has 4 rings (SSSR count). The number of benzene rings is 1. The summed E-state index contributed by atoms with van der Waals surface area (Å²) >= 11 is 0. The van der Waals surface area contributed by atoms with E-state index in [2.05, 4.69) is 17.2 Å². The molecular weight excluding hydrogens is 367 g/mol. The highest BCUT2D eigenvalue weighted by atomic mass is 19.4. The van der Waals surface area contributed by atoms with Crippen molar-refractivity contribution in [3.05, 3.63) is 41.6 Å². The lowest BCUT2D eigenvalue weighted by atomic mass is 9.83. The van der Waals surface area contributed by atoms with Crippen LogP contribution in [0.15, 0.2) is 30.5 Å². The van der Waals surface area contributed by atoms with Crippen molar-refractivity contribution in [3.8, 4) is 0 Å². The molecule has 28 heavy (non-hydrogen) atoms. The molecule has 0 spiro atoms. The second-order valence-electron chi connectivity index (χ2n) is 7.77. The number of halogens is 3. The van der Waals surface area contributed by atoms with Crippen LogP contribution in [0.5, 0.6) is 0 Å². The summed E-state index contributed by atoms with van der Waals surface area (Å²) in [5, 5.41) is 3.53. The molecule has 2 aliphatic rings. The number of piperidine rings is 1. The van der Waals surface area contributed by atoms with Crippen LogP contribution in [0.4, 0.5) is 18.0 Å². The predicted molar refractivity (Wildman–Crippen MR) is 103 cm³/mol. The molecule has 7 heteroatoms. The Hall–Kier alpha value is -2.31. The van der Waals surface area contributed by atoms with Crippen molar-refractivity contribution in [2.75, 3.05) is 13.1 Å². The van der Waals surface area contributed by atoms with Gasteiger partial charge in [0.2, 0.25) is 0 Å². The average Bonchev–Trinajstić information content (AvgIpc) is 3.43. The zero-order valence-electron chi connectivity index (χ0n) is 15.1. The average molecular weight is 393 g/mol. The molecule has 0 bridgehead atoms. The highest BCUT2D eigenvalue weighted by Crippen LogP contribution is 2.39. The normalized spacial score (nSPS) is 22.6. The van der Waals surface area contributed by atoms with Crippen molar-refractivity contribution in [2.24, 2.45) is 5.92 Å². The molecule has 2 heterocycles. The molecule has 2 atom stereocenters. The maximum absolute atomic E-state index is 13.3. The minimum atomic E-state index is -4.44. The Morgan fingerprint density at radius 3 is 2.64 bits per heavy atom. The van der Waals surface area contributed by atoms with Gasteiger partial charge >= 0.3 is 12.2 Å². The summed E-state index contributed by atoms with van der Waals surface area (Å²) in [6.07, 6.45) is -0.175. The maximum Gasteiger partial charge on any atom is 0.418 e. The number of alkyl halides is 3. The summed E-state index contributed by atoms with van der Waals surface area (Å²) in [5.41, 5.74) is 0.102. The summed E-state index contributed by atoms with van der Waals surface area (Å²) in [6.45, 7) is 3.26. The molecule has 2 aromatic rings. The first-order valence-electron chi connectivity index (χ1n) is 9.33. The smallest absolute Gasteiger partial charge is 0.335 e. The third-order valence-electron chi connectivity index (χ3n) is 5.40. The second-order valence-corrected chi connectivity index (χ2v) is 7.77. The number of fused-ring (bicyclic) bond motifs is 1. The molecule has 4 nitrogen and oxygen atoms in total. The van der Waals surface area contributed by atoms with Gasteiger partial charge in [0, 0.05) is 36.6 Å². The number of rotatable bonds is 2. The van der Waals surface area contributed by atoms with Gasteiger partial charge in [-0.15, -0.1) is 0 Å². The lowest BCUT2D eigenvalue weighted by molar-refractivity contribution is -0.136. The summed E-state index contributed by atoms with van der Waals surface area (Å²) in [4.78, 5) is 18.3. The first-order chi connectivity index (χ1) is 12.8. The van der Waals surface area contributed by atoms with Crippen molar-refractivity contribution in [1.29, 1.82) is 0 Å². The minimum absolute atomic E-state index is 0. The van der Waals surface area contributed by atoms with Crippen LogP contribution in [-0.2, 0) is 6.18 Å². The summed E-state index contributed by atoms with van der Waals surface area (Å²) in [5.74, 6) is 0.274. The fourth-order valence-electron chi connectivity index (χ4n) is 4.02. The Morgan fingerprint density at radius 2 is 1.96 bits per heavy atom. The van der Waals surface area contributed by atoms with Crippen LogP contribution in [0.3, 0.4) is 0 Å². The van der Waals surface area contributed by atoms with E-state index in [0.717, 1.165) is 30.9 Å². The Bertz CT molecular complexity index is 864. The number of amides is 2. The zero-order valence-corrected chi connectivity index (χ0v) is 15.1. The largest absolute Gasteiger partial charge is 0.418 e. The molecule has 1 aromatic heterocycles. The number of nitrogens with one attached hydrogen (secondary N) is 1. The number of hydrogen-bond acceptors (Lipinski definition) is 2. The molecule has 1 unspecified atom stereocenters. The Kier molecular flexibility index (Phi) is 5.55. The Morgan fingerprint density at radius 1 is 1.21 bits per heavy atom. The van der Waals surface area contributed by atoms with Gasteiger partial charge < -0.3 is 10.2 Å². The maximum atomic E-state index is 13.3. The topological polar surface area (TPSA) is 45.2 Å². The number of pyridine rings is 1. The summed E-state index contributed by atoms with van der Waals surface area (Å²) in [6, 6.07) is 6.26. The highest BCUT2D eigenvalue weighted by molar-refractivity contribution is 5.86. The van der Waals surface area contributed by atoms with Crippen LogP contribution in [-0.4, -0.2) is 35.0 Å². The number of carbonyl (C=O) groups is 1. The van der Waals surface area contributed by atoms with Gasteiger partial charge in [-0.05, 0) is 42.9 Å². The number of likely N-dealkylation sites (tertiary alicyclic amines) is 1. The standard InChI is InChI=1S/C20H22F3N3O.CH4/c1-12-9-13(11-26(10-12)19(27)25-14-4-5-14)15-6-7-17(20(21,22)23)18-16(15)3-2-8-24-18;/h2-3,6-8,12-14H,4-5,9-11H2,1H3,(H,25,27);1H4/t12-,13?;/m1./s1. The molecule has 1 N–H and O–H groups in total. The van der Waals surface area contributed by atoms with Gasteiger partial charge in [-0.25, -0.2) is 4.79 Å². The van der Waals surface area contributed by atoms with Gasteiger partial charge in [-0.3, -0.25) is 4.98 Å². The number of urea groups is 1. The molecule has 2 fully saturated rings. The van der Waals surface area contributed by atoms with Crippen molar-refractivity contribution in [3.63, 3.8) is 0 Å². The Balaban J connectivity index is 0.00000225. The van der Waals surface area contributed by atoms with Gasteiger partial charge in [0.1, 0.15) is 0 Å². The third-order valence-corrected chi connectivity index (χ3v) is 5.40. The van der Waals surface area contributed by atoms with E-state index in [1.54, 1.807) is 23.1 Å². The quantitative estimate of drug-likeness (QED) is 0.763. The minimum Gasteiger partial charge on any atom is -0.335 e. The van der Waals surface area contributed by atoms with Gasteiger partial charge in [-0.2, -0.15) is 13.2 Å². The molecule has 2 amide bonds. The Labute approximate surface area is 163 Å². The van der Waals surface area contributed by atoms with Crippen LogP contribution in [0.1, 0.15) is 50.7 Å². The number of aromatic nitrogens is 1. The van der Waals surface area contributed by atoms with Crippen LogP contribution in [0.25, 0.3) is 10.9 Å². The number of hydrogen-bond donors (Lipinski definition) is 1. The zero-order chi connectivity index (χ0) is 19.2. The van der Waals surface area contributed by atoms with Gasteiger partial charge in [0.25, 0.3) is 0 Å². The van der Waals surface area contributed by atoms with Gasteiger partial charge in [0.05, 0.1) is 11.1 Å². The second kappa shape index (κ2) is 7.60. The van der Waals surface area contributed by atoms with E-state index >= 15 is 0 Å². The summed E-state index contributed by atoms with van der Waals surface area (Å²) < 4.78 is 40.0. The first-order valence-corrected chi connectivity index (χ1v) is 9.33. The SMILES string of the molecule is C.C[C@@H]1CC(c2ccc(C(F)(F)F)c3ncccc23)CN(C(=O)NC2CC2)C1. The van der Waals surface area contributed by atoms with E-state index in [-0.39, 0.29) is 36.9 Å². The van der Waals surface area contributed by atoms with Crippen LogP contribution >= 0.6 is 0 Å². The fourth-order valence-corrected chi connectivity index (χ4v) is 4.02. The monoisotopic (exact) mass is 393 g/mol. The van der Waals surface area contributed by atoms with E-state index in [1.807, 2.05) is 0 Å². The number of carbonyl (C=O) groups excluding carboxylic acids is 1. The van der Waals surface area contributed by atoms with Crippen LogP contribution < -0.4 is 5.32 Å². The van der Waals surface area contributed by atoms with E-state index in [9.17, 15) is 18.0 Å².